The highest BCUT2D eigenvalue weighted by Crippen LogP contribution is 2.41. The molecule has 0 atom stereocenters. The van der Waals surface area contributed by atoms with Gasteiger partial charge in [0.05, 0.1) is 25.8 Å². The average molecular weight is 446 g/mol. The zero-order chi connectivity index (χ0) is 23.8. The van der Waals surface area contributed by atoms with Crippen molar-refractivity contribution in [3.8, 4) is 5.75 Å². The number of methoxy groups -OCH3 is 1. The number of benzene rings is 1. The van der Waals surface area contributed by atoms with Crippen LogP contribution in [-0.2, 0) is 21.2 Å². The zero-order valence-corrected chi connectivity index (χ0v) is 18.8. The second kappa shape index (κ2) is 8.12. The molecule has 1 N–H and O–H groups in total. The van der Waals surface area contributed by atoms with Crippen molar-refractivity contribution in [2.75, 3.05) is 20.2 Å². The summed E-state index contributed by atoms with van der Waals surface area (Å²) in [4.78, 5) is 26.2. The minimum atomic E-state index is -4.60. The Morgan fingerprint density at radius 2 is 1.55 bits per heavy atom. The summed E-state index contributed by atoms with van der Waals surface area (Å²) in [5.41, 5.74) is -3.24. The number of ether oxygens (including phenoxy) is 3. The van der Waals surface area contributed by atoms with E-state index in [1.165, 1.54) is 17.0 Å². The molecule has 1 fully saturated rings. The Kier molecular flexibility index (Phi) is 6.45. The molecule has 2 amide bonds. The van der Waals surface area contributed by atoms with Gasteiger partial charge in [-0.2, -0.15) is 13.2 Å². The van der Waals surface area contributed by atoms with Crippen molar-refractivity contribution in [2.45, 2.75) is 64.5 Å². The number of halogens is 3. The van der Waals surface area contributed by atoms with Crippen LogP contribution in [0.25, 0.3) is 0 Å². The van der Waals surface area contributed by atoms with E-state index in [-0.39, 0.29) is 18.8 Å². The largest absolute Gasteiger partial charge is 0.496 e. The van der Waals surface area contributed by atoms with Gasteiger partial charge in [-0.15, -0.1) is 0 Å². The molecule has 1 aromatic rings. The molecule has 1 heterocycles. The molecule has 7 nitrogen and oxygen atoms in total. The van der Waals surface area contributed by atoms with E-state index in [2.05, 4.69) is 5.32 Å². The molecule has 10 heteroatoms. The van der Waals surface area contributed by atoms with Crippen molar-refractivity contribution in [1.82, 2.24) is 10.2 Å². The minimum absolute atomic E-state index is 0.00429. The van der Waals surface area contributed by atoms with E-state index < -0.39 is 40.7 Å². The topological polar surface area (TPSA) is 77.1 Å². The van der Waals surface area contributed by atoms with Gasteiger partial charge in [0.1, 0.15) is 22.5 Å². The number of hydrogen-bond acceptors (Lipinski definition) is 5. The lowest BCUT2D eigenvalue weighted by molar-refractivity contribution is -0.138. The Hall–Kier alpha value is -2.65. The van der Waals surface area contributed by atoms with Crippen LogP contribution in [-0.4, -0.2) is 48.5 Å². The summed E-state index contributed by atoms with van der Waals surface area (Å²) in [6.07, 6.45) is -5.94. The molecule has 0 spiro atoms. The van der Waals surface area contributed by atoms with Gasteiger partial charge in [-0.1, -0.05) is 6.07 Å². The van der Waals surface area contributed by atoms with Crippen LogP contribution >= 0.6 is 0 Å². The molecule has 174 valence electrons. The molecule has 1 aliphatic rings. The lowest BCUT2D eigenvalue weighted by Crippen LogP contribution is -2.69. The van der Waals surface area contributed by atoms with E-state index in [1.54, 1.807) is 41.5 Å². The number of amides is 2. The Bertz CT molecular complexity index is 835. The zero-order valence-electron chi connectivity index (χ0n) is 18.8. The molecule has 0 aromatic heterocycles. The molecular weight excluding hydrogens is 417 g/mol. The molecule has 0 unspecified atom stereocenters. The lowest BCUT2D eigenvalue weighted by Gasteiger charge is -2.50. The summed E-state index contributed by atoms with van der Waals surface area (Å²) in [6, 6.07) is 3.37. The third-order valence-electron chi connectivity index (χ3n) is 4.37. The SMILES string of the molecule is COc1cc(C2(NC(=O)OC(C)(C)C)CN(C(=O)OC(C)(C)C)C2)ccc1C(F)(F)F. The average Bonchev–Trinajstić information content (AvgIpc) is 2.52. The van der Waals surface area contributed by atoms with Gasteiger partial charge in [0.25, 0.3) is 0 Å². The summed E-state index contributed by atoms with van der Waals surface area (Å²) < 4.78 is 55.3. The Morgan fingerprint density at radius 3 is 2.00 bits per heavy atom. The summed E-state index contributed by atoms with van der Waals surface area (Å²) in [7, 11) is 1.14. The summed E-state index contributed by atoms with van der Waals surface area (Å²) in [5.74, 6) is -0.383. The summed E-state index contributed by atoms with van der Waals surface area (Å²) in [6.45, 7) is 10.2. The van der Waals surface area contributed by atoms with E-state index >= 15 is 0 Å². The van der Waals surface area contributed by atoms with Crippen molar-refractivity contribution >= 4 is 12.2 Å². The predicted molar refractivity (Wildman–Crippen MR) is 107 cm³/mol. The van der Waals surface area contributed by atoms with Crippen molar-refractivity contribution in [1.29, 1.82) is 0 Å². The number of nitrogens with zero attached hydrogens (tertiary/aromatic N) is 1. The second-order valence-electron chi connectivity index (χ2n) is 9.46. The van der Waals surface area contributed by atoms with Crippen LogP contribution < -0.4 is 10.1 Å². The number of carbonyl (C=O) groups excluding carboxylic acids is 2. The molecule has 0 bridgehead atoms. The van der Waals surface area contributed by atoms with Crippen LogP contribution in [0.2, 0.25) is 0 Å². The van der Waals surface area contributed by atoms with Gasteiger partial charge in [-0.3, -0.25) is 0 Å². The van der Waals surface area contributed by atoms with E-state index in [1.807, 2.05) is 0 Å². The molecule has 1 saturated heterocycles. The second-order valence-corrected chi connectivity index (χ2v) is 9.46. The highest BCUT2D eigenvalue weighted by atomic mass is 19.4. The number of carbonyl (C=O) groups is 2. The molecule has 31 heavy (non-hydrogen) atoms. The lowest BCUT2D eigenvalue weighted by atomic mass is 9.82. The van der Waals surface area contributed by atoms with Gasteiger partial charge in [0.2, 0.25) is 0 Å². The van der Waals surface area contributed by atoms with Crippen LogP contribution in [0.3, 0.4) is 0 Å². The van der Waals surface area contributed by atoms with Crippen LogP contribution in [0, 0.1) is 0 Å². The van der Waals surface area contributed by atoms with Crippen LogP contribution in [0.1, 0.15) is 52.7 Å². The molecular formula is C21H29F3N2O5. The first-order valence-electron chi connectivity index (χ1n) is 9.71. The molecule has 1 aliphatic heterocycles. The monoisotopic (exact) mass is 446 g/mol. The quantitative estimate of drug-likeness (QED) is 0.729. The smallest absolute Gasteiger partial charge is 0.419 e. The van der Waals surface area contributed by atoms with Gasteiger partial charge in [-0.05, 0) is 59.2 Å². The van der Waals surface area contributed by atoms with Crippen LogP contribution in [0.5, 0.6) is 5.75 Å². The van der Waals surface area contributed by atoms with Gasteiger partial charge >= 0.3 is 18.4 Å². The fourth-order valence-corrected chi connectivity index (χ4v) is 3.12. The van der Waals surface area contributed by atoms with Crippen molar-refractivity contribution in [3.05, 3.63) is 29.3 Å². The van der Waals surface area contributed by atoms with E-state index in [4.69, 9.17) is 14.2 Å². The normalized spacial score (nSPS) is 16.3. The number of alkyl halides is 3. The van der Waals surface area contributed by atoms with Gasteiger partial charge < -0.3 is 24.4 Å². The molecule has 2 rings (SSSR count). The van der Waals surface area contributed by atoms with Gasteiger partial charge in [-0.25, -0.2) is 9.59 Å². The highest BCUT2D eigenvalue weighted by Gasteiger charge is 2.50. The van der Waals surface area contributed by atoms with Gasteiger partial charge in [0, 0.05) is 0 Å². The highest BCUT2D eigenvalue weighted by molar-refractivity contribution is 5.73. The fraction of sp³-hybridized carbons (Fsp3) is 0.619. The van der Waals surface area contributed by atoms with Gasteiger partial charge in [0.15, 0.2) is 0 Å². The van der Waals surface area contributed by atoms with E-state index in [9.17, 15) is 22.8 Å². The first kappa shape index (κ1) is 24.6. The molecule has 1 aromatic carbocycles. The maximum absolute atomic E-state index is 13.2. The van der Waals surface area contributed by atoms with Crippen LogP contribution in [0.4, 0.5) is 22.8 Å². The third-order valence-corrected chi connectivity index (χ3v) is 4.37. The maximum atomic E-state index is 13.2. The van der Waals surface area contributed by atoms with E-state index in [0.29, 0.717) is 5.56 Å². The van der Waals surface area contributed by atoms with E-state index in [0.717, 1.165) is 13.2 Å². The third kappa shape index (κ3) is 6.18. The fourth-order valence-electron chi connectivity index (χ4n) is 3.12. The molecule has 0 aliphatic carbocycles. The first-order chi connectivity index (χ1) is 14.0. The summed E-state index contributed by atoms with van der Waals surface area (Å²) >= 11 is 0. The van der Waals surface area contributed by atoms with Crippen molar-refractivity contribution < 1.29 is 37.0 Å². The molecule has 0 saturated carbocycles. The predicted octanol–water partition coefficient (Wildman–Crippen LogP) is 4.68. The minimum Gasteiger partial charge on any atom is -0.496 e. The van der Waals surface area contributed by atoms with Crippen LogP contribution in [0.15, 0.2) is 18.2 Å². The Balaban J connectivity index is 2.36. The van der Waals surface area contributed by atoms with Crippen molar-refractivity contribution in [2.24, 2.45) is 0 Å². The number of nitrogens with one attached hydrogen (secondary N) is 1. The Morgan fingerprint density at radius 1 is 1.00 bits per heavy atom. The van der Waals surface area contributed by atoms with Crippen molar-refractivity contribution in [3.63, 3.8) is 0 Å². The standard InChI is InChI=1S/C21H29F3N2O5/c1-18(2,3)30-16(27)25-20(11-26(12-20)17(28)31-19(4,5)6)13-8-9-14(21(22,23)24)15(10-13)29-7/h8-10H,11-12H2,1-7H3,(H,25,27). The number of rotatable bonds is 3. The first-order valence-corrected chi connectivity index (χ1v) is 9.71. The maximum Gasteiger partial charge on any atom is 0.419 e. The number of alkyl carbamates (subject to hydrolysis) is 1. The Labute approximate surface area is 179 Å². The summed E-state index contributed by atoms with van der Waals surface area (Å²) in [5, 5.41) is 2.71. The number of hydrogen-bond donors (Lipinski definition) is 1. The number of likely N-dealkylation sites (tertiary alicyclic amines) is 1. The molecule has 0 radical (unpaired) electrons.